The monoisotopic (exact) mass is 320 g/mol. The minimum Gasteiger partial charge on any atom is -0.497 e. The van der Waals surface area contributed by atoms with E-state index in [0.29, 0.717) is 0 Å². The number of rotatable bonds is 5. The third-order valence-corrected chi connectivity index (χ3v) is 3.42. The van der Waals surface area contributed by atoms with Crippen LogP contribution in [0.15, 0.2) is 42.5 Å². The molecule has 0 atom stereocenters. The Morgan fingerprint density at radius 1 is 1.00 bits per heavy atom. The maximum atomic E-state index is 5.61. The molecule has 0 unspecified atom stereocenters. The van der Waals surface area contributed by atoms with E-state index in [0.717, 1.165) is 39.9 Å². The number of hydrogen-bond acceptors (Lipinski definition) is 2. The van der Waals surface area contributed by atoms with E-state index in [2.05, 4.69) is 28.1 Å². The van der Waals surface area contributed by atoms with Crippen LogP contribution in [0.3, 0.4) is 0 Å². The van der Waals surface area contributed by atoms with Crippen molar-refractivity contribution in [1.82, 2.24) is 0 Å². The van der Waals surface area contributed by atoms with E-state index in [1.807, 2.05) is 30.3 Å². The fraction of sp³-hybridized carbons (Fsp3) is 0.250. The van der Waals surface area contributed by atoms with Gasteiger partial charge in [-0.15, -0.1) is 0 Å². The fourth-order valence-electron chi connectivity index (χ4n) is 2.14. The van der Waals surface area contributed by atoms with Crippen LogP contribution in [-0.2, 0) is 6.42 Å². The molecule has 0 aromatic heterocycles. The summed E-state index contributed by atoms with van der Waals surface area (Å²) in [6.07, 6.45) is 0.903. The van der Waals surface area contributed by atoms with Crippen molar-refractivity contribution in [3.8, 4) is 22.6 Å². The second-order valence-corrected chi connectivity index (χ2v) is 4.97. The normalized spacial score (nSPS) is 10.3. The van der Waals surface area contributed by atoms with Gasteiger partial charge in [0.05, 0.1) is 14.2 Å². The predicted octanol–water partition coefficient (Wildman–Crippen LogP) is 4.31. The molecule has 0 bridgehead atoms. The lowest BCUT2D eigenvalue weighted by Crippen LogP contribution is -1.98. The smallest absolute Gasteiger partial charge is 0.130 e. The highest BCUT2D eigenvalue weighted by Gasteiger charge is 2.13. The molecule has 0 saturated carbocycles. The van der Waals surface area contributed by atoms with E-state index in [4.69, 9.17) is 9.47 Å². The molecule has 0 saturated heterocycles. The molecule has 100 valence electrons. The topological polar surface area (TPSA) is 18.5 Å². The molecular formula is C16H17BrO2. The van der Waals surface area contributed by atoms with Gasteiger partial charge in [-0.3, -0.25) is 0 Å². The summed E-state index contributed by atoms with van der Waals surface area (Å²) in [7, 11) is 3.40. The second kappa shape index (κ2) is 6.62. The van der Waals surface area contributed by atoms with Gasteiger partial charge in [-0.2, -0.15) is 0 Å². The average Bonchev–Trinajstić information content (AvgIpc) is 2.47. The van der Waals surface area contributed by atoms with Crippen molar-refractivity contribution in [1.29, 1.82) is 0 Å². The summed E-state index contributed by atoms with van der Waals surface area (Å²) in [6.45, 7) is 0. The SMILES string of the molecule is COc1cc(CCBr)c(OC)c(-c2ccccc2)c1. The zero-order valence-corrected chi connectivity index (χ0v) is 12.7. The molecule has 2 rings (SSSR count). The molecule has 2 nitrogen and oxygen atoms in total. The molecule has 0 N–H and O–H groups in total. The summed E-state index contributed by atoms with van der Waals surface area (Å²) in [4.78, 5) is 0. The van der Waals surface area contributed by atoms with Gasteiger partial charge < -0.3 is 9.47 Å². The molecule has 2 aromatic carbocycles. The van der Waals surface area contributed by atoms with Gasteiger partial charge in [0, 0.05) is 10.9 Å². The molecule has 0 aliphatic heterocycles. The lowest BCUT2D eigenvalue weighted by atomic mass is 9.99. The van der Waals surface area contributed by atoms with Crippen LogP contribution in [-0.4, -0.2) is 19.5 Å². The van der Waals surface area contributed by atoms with Crippen LogP contribution in [0.25, 0.3) is 11.1 Å². The molecule has 0 aliphatic carbocycles. The molecule has 0 radical (unpaired) electrons. The lowest BCUT2D eigenvalue weighted by molar-refractivity contribution is 0.401. The highest BCUT2D eigenvalue weighted by molar-refractivity contribution is 9.09. The van der Waals surface area contributed by atoms with Gasteiger partial charge in [-0.05, 0) is 29.7 Å². The molecule has 0 fully saturated rings. The van der Waals surface area contributed by atoms with Crippen molar-refractivity contribution in [2.45, 2.75) is 6.42 Å². The van der Waals surface area contributed by atoms with Crippen molar-refractivity contribution in [2.24, 2.45) is 0 Å². The van der Waals surface area contributed by atoms with E-state index >= 15 is 0 Å². The van der Waals surface area contributed by atoms with E-state index in [1.54, 1.807) is 14.2 Å². The van der Waals surface area contributed by atoms with Crippen molar-refractivity contribution in [3.63, 3.8) is 0 Å². The molecule has 3 heteroatoms. The molecule has 2 aromatic rings. The van der Waals surface area contributed by atoms with Crippen LogP contribution < -0.4 is 9.47 Å². The molecule has 0 heterocycles. The molecule has 0 aliphatic rings. The Bertz CT molecular complexity index is 538. The standard InChI is InChI=1S/C16H17BrO2/c1-18-14-10-13(8-9-17)16(19-2)15(11-14)12-6-4-3-5-7-12/h3-7,10-11H,8-9H2,1-2H3. The molecule has 0 spiro atoms. The van der Waals surface area contributed by atoms with Crippen LogP contribution >= 0.6 is 15.9 Å². The molecule has 0 amide bonds. The summed E-state index contributed by atoms with van der Waals surface area (Å²) in [5.41, 5.74) is 3.35. The van der Waals surface area contributed by atoms with Crippen LogP contribution in [0, 0.1) is 0 Å². The van der Waals surface area contributed by atoms with Crippen LogP contribution in [0.1, 0.15) is 5.56 Å². The first-order valence-electron chi connectivity index (χ1n) is 6.16. The number of hydrogen-bond donors (Lipinski definition) is 0. The second-order valence-electron chi connectivity index (χ2n) is 4.17. The van der Waals surface area contributed by atoms with Gasteiger partial charge >= 0.3 is 0 Å². The number of aryl methyl sites for hydroxylation is 1. The number of alkyl halides is 1. The predicted molar refractivity (Wildman–Crippen MR) is 82.5 cm³/mol. The van der Waals surface area contributed by atoms with Gasteiger partial charge in [0.25, 0.3) is 0 Å². The summed E-state index contributed by atoms with van der Waals surface area (Å²) < 4.78 is 11.0. The quantitative estimate of drug-likeness (QED) is 0.764. The third-order valence-electron chi connectivity index (χ3n) is 3.03. The Kier molecular flexibility index (Phi) is 4.86. The third kappa shape index (κ3) is 3.10. The number of ether oxygens (including phenoxy) is 2. The van der Waals surface area contributed by atoms with Crippen molar-refractivity contribution < 1.29 is 9.47 Å². The van der Waals surface area contributed by atoms with Gasteiger partial charge in [-0.1, -0.05) is 46.3 Å². The largest absolute Gasteiger partial charge is 0.497 e. The molecule has 19 heavy (non-hydrogen) atoms. The first kappa shape index (κ1) is 13.9. The maximum absolute atomic E-state index is 5.61. The van der Waals surface area contributed by atoms with Crippen molar-refractivity contribution >= 4 is 15.9 Å². The first-order valence-corrected chi connectivity index (χ1v) is 7.28. The Balaban J connectivity index is 2.60. The Hall–Kier alpha value is -1.48. The zero-order valence-electron chi connectivity index (χ0n) is 11.2. The average molecular weight is 321 g/mol. The Labute approximate surface area is 122 Å². The summed E-state index contributed by atoms with van der Waals surface area (Å²) >= 11 is 3.48. The van der Waals surface area contributed by atoms with Gasteiger partial charge in [0.15, 0.2) is 0 Å². The van der Waals surface area contributed by atoms with E-state index in [-0.39, 0.29) is 0 Å². The van der Waals surface area contributed by atoms with Crippen molar-refractivity contribution in [2.75, 3.05) is 19.5 Å². The zero-order chi connectivity index (χ0) is 13.7. The van der Waals surface area contributed by atoms with E-state index < -0.39 is 0 Å². The van der Waals surface area contributed by atoms with Gasteiger partial charge in [0.1, 0.15) is 11.5 Å². The Morgan fingerprint density at radius 2 is 1.74 bits per heavy atom. The Morgan fingerprint density at radius 3 is 2.32 bits per heavy atom. The van der Waals surface area contributed by atoms with Crippen LogP contribution in [0.2, 0.25) is 0 Å². The first-order chi connectivity index (χ1) is 9.30. The minimum absolute atomic E-state index is 0.857. The van der Waals surface area contributed by atoms with Crippen LogP contribution in [0.4, 0.5) is 0 Å². The van der Waals surface area contributed by atoms with Crippen molar-refractivity contribution in [3.05, 3.63) is 48.0 Å². The highest BCUT2D eigenvalue weighted by atomic mass is 79.9. The minimum atomic E-state index is 0.857. The number of benzene rings is 2. The van der Waals surface area contributed by atoms with Crippen LogP contribution in [0.5, 0.6) is 11.5 Å². The fourth-order valence-corrected chi connectivity index (χ4v) is 2.57. The highest BCUT2D eigenvalue weighted by Crippen LogP contribution is 2.37. The number of halogens is 1. The summed E-state index contributed by atoms with van der Waals surface area (Å²) in [5, 5.41) is 0.894. The summed E-state index contributed by atoms with van der Waals surface area (Å²) in [6, 6.07) is 14.3. The van der Waals surface area contributed by atoms with E-state index in [1.165, 1.54) is 0 Å². The van der Waals surface area contributed by atoms with Gasteiger partial charge in [-0.25, -0.2) is 0 Å². The molecular weight excluding hydrogens is 304 g/mol. The van der Waals surface area contributed by atoms with E-state index in [9.17, 15) is 0 Å². The summed E-state index contributed by atoms with van der Waals surface area (Å²) in [5.74, 6) is 1.78. The lowest BCUT2D eigenvalue weighted by Gasteiger charge is -2.15. The number of methoxy groups -OCH3 is 2. The maximum Gasteiger partial charge on any atom is 0.130 e. The van der Waals surface area contributed by atoms with Gasteiger partial charge in [0.2, 0.25) is 0 Å².